The van der Waals surface area contributed by atoms with E-state index in [1.807, 2.05) is 18.2 Å². The van der Waals surface area contributed by atoms with E-state index in [-0.39, 0.29) is 19.1 Å². The van der Waals surface area contributed by atoms with Crippen molar-refractivity contribution in [1.29, 1.82) is 0 Å². The van der Waals surface area contributed by atoms with E-state index < -0.39 is 17.5 Å². The van der Waals surface area contributed by atoms with E-state index in [0.717, 1.165) is 16.9 Å². The number of carbonyl (C=O) groups excluding carboxylic acids is 1. The molecule has 28 heavy (non-hydrogen) atoms. The molecule has 1 aliphatic heterocycles. The molecule has 152 valence electrons. The van der Waals surface area contributed by atoms with Crippen LogP contribution >= 0.6 is 0 Å². The highest BCUT2D eigenvalue weighted by Gasteiger charge is 2.34. The van der Waals surface area contributed by atoms with Crippen molar-refractivity contribution in [2.45, 2.75) is 37.6 Å². The maximum absolute atomic E-state index is 12.6. The predicted molar refractivity (Wildman–Crippen MR) is 94.5 cm³/mol. The summed E-state index contributed by atoms with van der Waals surface area (Å²) in [6, 6.07) is 9.99. The zero-order valence-corrected chi connectivity index (χ0v) is 15.2. The molecule has 3 rings (SSSR count). The van der Waals surface area contributed by atoms with Crippen LogP contribution in [0.5, 0.6) is 5.75 Å². The summed E-state index contributed by atoms with van der Waals surface area (Å²) in [5.41, 5.74) is -2.08. The summed E-state index contributed by atoms with van der Waals surface area (Å²) in [4.78, 5) is 14.0. The number of amides is 1. The number of halogens is 3. The highest BCUT2D eigenvalue weighted by Crippen LogP contribution is 2.27. The van der Waals surface area contributed by atoms with Crippen LogP contribution < -0.4 is 4.74 Å². The van der Waals surface area contributed by atoms with Gasteiger partial charge in [-0.25, -0.2) is 0 Å². The van der Waals surface area contributed by atoms with Gasteiger partial charge in [-0.05, 0) is 37.5 Å². The van der Waals surface area contributed by atoms with Crippen molar-refractivity contribution in [1.82, 2.24) is 14.7 Å². The van der Waals surface area contributed by atoms with Crippen LogP contribution in [0.2, 0.25) is 0 Å². The van der Waals surface area contributed by atoms with Crippen molar-refractivity contribution < 1.29 is 27.8 Å². The Morgan fingerprint density at radius 1 is 1.18 bits per heavy atom. The summed E-state index contributed by atoms with van der Waals surface area (Å²) < 4.78 is 44.5. The zero-order chi connectivity index (χ0) is 20.2. The van der Waals surface area contributed by atoms with E-state index in [2.05, 4.69) is 5.10 Å². The number of benzene rings is 1. The molecule has 1 amide bonds. The highest BCUT2D eigenvalue weighted by atomic mass is 19.4. The van der Waals surface area contributed by atoms with Crippen LogP contribution in [-0.4, -0.2) is 51.0 Å². The molecule has 0 radical (unpaired) electrons. The number of likely N-dealkylation sites (tertiary alicyclic amines) is 1. The Bertz CT molecular complexity index is 794. The first kappa shape index (κ1) is 20.2. The van der Waals surface area contributed by atoms with Gasteiger partial charge in [0.25, 0.3) is 0 Å². The number of carbonyl (C=O) groups is 1. The van der Waals surface area contributed by atoms with Crippen molar-refractivity contribution in [2.75, 3.05) is 19.7 Å². The Balaban J connectivity index is 1.54. The lowest BCUT2D eigenvalue weighted by Gasteiger charge is -2.27. The Kier molecular flexibility index (Phi) is 5.93. The minimum atomic E-state index is -4.54. The van der Waals surface area contributed by atoms with Crippen LogP contribution in [0.15, 0.2) is 42.6 Å². The number of hydrogen-bond donors (Lipinski definition) is 1. The van der Waals surface area contributed by atoms with Crippen LogP contribution in [-0.2, 0) is 17.5 Å². The van der Waals surface area contributed by atoms with Crippen LogP contribution in [0.25, 0.3) is 0 Å². The third-order valence-electron chi connectivity index (χ3n) is 4.75. The topological polar surface area (TPSA) is 67.6 Å². The van der Waals surface area contributed by atoms with E-state index in [4.69, 9.17) is 4.74 Å². The van der Waals surface area contributed by atoms with Crippen LogP contribution in [0.1, 0.15) is 25.0 Å². The second kappa shape index (κ2) is 8.22. The van der Waals surface area contributed by atoms with Gasteiger partial charge in [0, 0.05) is 19.3 Å². The normalized spacial score (nSPS) is 20.6. The fourth-order valence-corrected chi connectivity index (χ4v) is 3.15. The quantitative estimate of drug-likeness (QED) is 0.843. The summed E-state index contributed by atoms with van der Waals surface area (Å²) >= 11 is 0. The Morgan fingerprint density at radius 3 is 2.61 bits per heavy atom. The molecule has 1 N–H and O–H groups in total. The lowest BCUT2D eigenvalue weighted by Crippen LogP contribution is -2.39. The van der Waals surface area contributed by atoms with Gasteiger partial charge < -0.3 is 14.7 Å². The third-order valence-corrected chi connectivity index (χ3v) is 4.75. The highest BCUT2D eigenvalue weighted by molar-refractivity contribution is 5.75. The van der Waals surface area contributed by atoms with Crippen molar-refractivity contribution in [3.05, 3.63) is 48.3 Å². The first-order valence-electron chi connectivity index (χ1n) is 9.04. The molecular weight excluding hydrogens is 375 g/mol. The molecule has 0 spiro atoms. The molecule has 1 unspecified atom stereocenters. The van der Waals surface area contributed by atoms with E-state index >= 15 is 0 Å². The maximum atomic E-state index is 12.6. The van der Waals surface area contributed by atoms with Gasteiger partial charge in [0.05, 0.1) is 0 Å². The molecule has 6 nitrogen and oxygen atoms in total. The third kappa shape index (κ3) is 5.25. The number of nitrogens with zero attached hydrogens (tertiary/aromatic N) is 3. The monoisotopic (exact) mass is 397 g/mol. The molecule has 1 fully saturated rings. The summed E-state index contributed by atoms with van der Waals surface area (Å²) in [5.74, 6) is 0.331. The SMILES string of the molecule is O=C(Cn1ccc(C(F)(F)F)n1)N1CCCC(O)(COc2ccccc2)CC1. The first-order valence-corrected chi connectivity index (χ1v) is 9.04. The second-order valence-corrected chi connectivity index (χ2v) is 6.96. The molecule has 9 heteroatoms. The largest absolute Gasteiger partial charge is 0.491 e. The van der Waals surface area contributed by atoms with Crippen molar-refractivity contribution in [3.8, 4) is 5.75 Å². The first-order chi connectivity index (χ1) is 13.3. The lowest BCUT2D eigenvalue weighted by molar-refractivity contribution is -0.142. The molecule has 2 aromatic rings. The minimum absolute atomic E-state index is 0.118. The Hall–Kier alpha value is -2.55. The average molecular weight is 397 g/mol. The molecule has 1 saturated heterocycles. The lowest BCUT2D eigenvalue weighted by atomic mass is 9.96. The van der Waals surface area contributed by atoms with Gasteiger partial charge in [0.2, 0.25) is 5.91 Å². The number of hydrogen-bond acceptors (Lipinski definition) is 4. The van der Waals surface area contributed by atoms with Gasteiger partial charge in [0.15, 0.2) is 5.69 Å². The molecule has 0 bridgehead atoms. The minimum Gasteiger partial charge on any atom is -0.491 e. The molecule has 1 atom stereocenters. The number of ether oxygens (including phenoxy) is 1. The molecule has 1 aromatic heterocycles. The molecule has 1 aliphatic rings. The van der Waals surface area contributed by atoms with Crippen molar-refractivity contribution >= 4 is 5.91 Å². The van der Waals surface area contributed by atoms with Crippen LogP contribution in [0.3, 0.4) is 0 Å². The summed E-state index contributed by atoms with van der Waals surface area (Å²) in [6.07, 6.45) is -2.01. The number of aromatic nitrogens is 2. The van der Waals surface area contributed by atoms with Crippen molar-refractivity contribution in [3.63, 3.8) is 0 Å². The number of aliphatic hydroxyl groups is 1. The van der Waals surface area contributed by atoms with Gasteiger partial charge in [-0.2, -0.15) is 18.3 Å². The number of rotatable bonds is 5. The van der Waals surface area contributed by atoms with Gasteiger partial charge in [-0.15, -0.1) is 0 Å². The van der Waals surface area contributed by atoms with Gasteiger partial charge in [-0.1, -0.05) is 18.2 Å². The Morgan fingerprint density at radius 2 is 1.93 bits per heavy atom. The number of alkyl halides is 3. The Labute approximate surface area is 160 Å². The molecule has 0 saturated carbocycles. The predicted octanol–water partition coefficient (Wildman–Crippen LogP) is 2.72. The molecule has 1 aromatic carbocycles. The van der Waals surface area contributed by atoms with Crippen molar-refractivity contribution in [2.24, 2.45) is 0 Å². The molecule has 0 aliphatic carbocycles. The van der Waals surface area contributed by atoms with Gasteiger partial charge >= 0.3 is 6.18 Å². The summed E-state index contributed by atoms with van der Waals surface area (Å²) in [7, 11) is 0. The fourth-order valence-electron chi connectivity index (χ4n) is 3.15. The van der Waals surface area contributed by atoms with E-state index in [1.165, 1.54) is 0 Å². The maximum Gasteiger partial charge on any atom is 0.435 e. The standard InChI is InChI=1S/C19H22F3N3O3/c20-19(21,22)16-7-11-25(23-16)13-17(26)24-10-4-8-18(27,9-12-24)14-28-15-5-2-1-3-6-15/h1-3,5-7,11,27H,4,8-10,12-14H2. The van der Waals surface area contributed by atoms with E-state index in [1.54, 1.807) is 17.0 Å². The summed E-state index contributed by atoms with van der Waals surface area (Å²) in [6.45, 7) is 0.586. The summed E-state index contributed by atoms with van der Waals surface area (Å²) in [5, 5.41) is 14.2. The van der Waals surface area contributed by atoms with Gasteiger partial charge in [0.1, 0.15) is 24.5 Å². The zero-order valence-electron chi connectivity index (χ0n) is 15.2. The smallest absolute Gasteiger partial charge is 0.435 e. The van der Waals surface area contributed by atoms with E-state index in [9.17, 15) is 23.1 Å². The number of para-hydroxylation sites is 1. The molecular formula is C19H22F3N3O3. The average Bonchev–Trinajstić information content (AvgIpc) is 3.04. The van der Waals surface area contributed by atoms with Crippen LogP contribution in [0.4, 0.5) is 13.2 Å². The van der Waals surface area contributed by atoms with Gasteiger partial charge in [-0.3, -0.25) is 9.48 Å². The fraction of sp³-hybridized carbons (Fsp3) is 0.474. The molecule has 2 heterocycles. The van der Waals surface area contributed by atoms with Crippen LogP contribution in [0, 0.1) is 0 Å². The van der Waals surface area contributed by atoms with E-state index in [0.29, 0.717) is 38.1 Å². The second-order valence-electron chi connectivity index (χ2n) is 6.96.